The average molecular weight is 377 g/mol. The minimum absolute atomic E-state index is 0.193. The highest BCUT2D eigenvalue weighted by Gasteiger charge is 2.01. The van der Waals surface area contributed by atoms with Crippen LogP contribution in [-0.4, -0.2) is 26.3 Å². The predicted octanol–water partition coefficient (Wildman–Crippen LogP) is 5.11. The lowest BCUT2D eigenvalue weighted by Crippen LogP contribution is -2.29. The smallest absolute Gasteiger partial charge is 0.319 e. The van der Waals surface area contributed by atoms with Crippen molar-refractivity contribution in [1.82, 2.24) is 5.32 Å². The highest BCUT2D eigenvalue weighted by Crippen LogP contribution is 2.16. The average Bonchev–Trinajstić information content (AvgIpc) is 2.66. The normalized spacial score (nSPS) is 10.2. The van der Waals surface area contributed by atoms with E-state index in [1.165, 1.54) is 0 Å². The van der Waals surface area contributed by atoms with Gasteiger partial charge in [-0.25, -0.2) is 4.79 Å². The Morgan fingerprint density at radius 2 is 1.58 bits per heavy atom. The van der Waals surface area contributed by atoms with Gasteiger partial charge in [-0.3, -0.25) is 0 Å². The van der Waals surface area contributed by atoms with Gasteiger partial charge in [0.15, 0.2) is 0 Å². The molecule has 2 rings (SSSR count). The number of unbranched alkanes of at least 4 members (excludes halogenated alkanes) is 3. The molecule has 6 heteroatoms. The Kier molecular flexibility index (Phi) is 8.63. The zero-order chi connectivity index (χ0) is 18.6. The minimum atomic E-state index is -0.193. The number of benzene rings is 2. The Bertz CT molecular complexity index is 660. The highest BCUT2D eigenvalue weighted by molar-refractivity contribution is 6.30. The summed E-state index contributed by atoms with van der Waals surface area (Å²) in [4.78, 5) is 11.8. The number of halogens is 1. The fraction of sp³-hybridized carbons (Fsp3) is 0.350. The van der Waals surface area contributed by atoms with Gasteiger partial charge < -0.3 is 20.1 Å². The van der Waals surface area contributed by atoms with E-state index in [0.29, 0.717) is 18.2 Å². The van der Waals surface area contributed by atoms with Gasteiger partial charge in [0.1, 0.15) is 11.5 Å². The van der Waals surface area contributed by atoms with Crippen molar-refractivity contribution in [2.75, 3.05) is 25.6 Å². The number of nitrogens with one attached hydrogen (secondary N) is 2. The monoisotopic (exact) mass is 376 g/mol. The van der Waals surface area contributed by atoms with Gasteiger partial charge in [0.25, 0.3) is 0 Å². The summed E-state index contributed by atoms with van der Waals surface area (Å²) in [5.41, 5.74) is 0.739. The maximum absolute atomic E-state index is 11.8. The molecule has 0 aliphatic rings. The van der Waals surface area contributed by atoms with E-state index in [-0.39, 0.29) is 6.03 Å². The van der Waals surface area contributed by atoms with E-state index in [4.69, 9.17) is 21.1 Å². The van der Waals surface area contributed by atoms with Crippen molar-refractivity contribution < 1.29 is 14.3 Å². The number of carbonyl (C=O) groups excluding carboxylic acids is 1. The molecule has 0 aliphatic carbocycles. The van der Waals surface area contributed by atoms with Gasteiger partial charge in [-0.15, -0.1) is 0 Å². The number of hydrogen-bond acceptors (Lipinski definition) is 3. The van der Waals surface area contributed by atoms with Crippen LogP contribution in [0.25, 0.3) is 0 Å². The molecule has 2 aromatic rings. The number of hydrogen-bond donors (Lipinski definition) is 2. The molecule has 26 heavy (non-hydrogen) atoms. The fourth-order valence-electron chi connectivity index (χ4n) is 2.35. The summed E-state index contributed by atoms with van der Waals surface area (Å²) in [5, 5.41) is 6.36. The Balaban J connectivity index is 1.48. The summed E-state index contributed by atoms with van der Waals surface area (Å²) in [7, 11) is 1.61. The minimum Gasteiger partial charge on any atom is -0.497 e. The Morgan fingerprint density at radius 3 is 2.27 bits per heavy atom. The van der Waals surface area contributed by atoms with Gasteiger partial charge in [0.2, 0.25) is 0 Å². The summed E-state index contributed by atoms with van der Waals surface area (Å²) in [6, 6.07) is 14.4. The van der Waals surface area contributed by atoms with Gasteiger partial charge in [-0.1, -0.05) is 24.4 Å². The molecule has 0 saturated heterocycles. The second-order valence-corrected chi connectivity index (χ2v) is 6.26. The summed E-state index contributed by atoms with van der Waals surface area (Å²) in [6.45, 7) is 1.34. The van der Waals surface area contributed by atoms with Gasteiger partial charge in [-0.2, -0.15) is 0 Å². The van der Waals surface area contributed by atoms with Crippen LogP contribution >= 0.6 is 11.6 Å². The third-order valence-corrected chi connectivity index (χ3v) is 4.04. The second kappa shape index (κ2) is 11.3. The quantitative estimate of drug-likeness (QED) is 0.566. The van der Waals surface area contributed by atoms with E-state index in [9.17, 15) is 4.79 Å². The fourth-order valence-corrected chi connectivity index (χ4v) is 2.48. The maximum atomic E-state index is 11.8. The predicted molar refractivity (Wildman–Crippen MR) is 105 cm³/mol. The number of urea groups is 1. The van der Waals surface area contributed by atoms with Gasteiger partial charge >= 0.3 is 6.03 Å². The third-order valence-electron chi connectivity index (χ3n) is 3.79. The lowest BCUT2D eigenvalue weighted by atomic mass is 10.2. The lowest BCUT2D eigenvalue weighted by molar-refractivity contribution is 0.251. The molecule has 0 radical (unpaired) electrons. The Morgan fingerprint density at radius 1 is 0.923 bits per heavy atom. The zero-order valence-corrected chi connectivity index (χ0v) is 15.7. The van der Waals surface area contributed by atoms with E-state index in [2.05, 4.69) is 10.6 Å². The molecule has 2 N–H and O–H groups in total. The maximum Gasteiger partial charge on any atom is 0.319 e. The highest BCUT2D eigenvalue weighted by atomic mass is 35.5. The van der Waals surface area contributed by atoms with E-state index >= 15 is 0 Å². The molecule has 0 heterocycles. The zero-order valence-electron chi connectivity index (χ0n) is 15.0. The van der Waals surface area contributed by atoms with Crippen LogP contribution in [0.1, 0.15) is 25.7 Å². The molecular formula is C20H25ClN2O3. The first-order valence-electron chi connectivity index (χ1n) is 8.74. The molecule has 0 unspecified atom stereocenters. The molecular weight excluding hydrogens is 352 g/mol. The summed E-state index contributed by atoms with van der Waals surface area (Å²) >= 11 is 5.83. The van der Waals surface area contributed by atoms with Crippen LogP contribution in [0.5, 0.6) is 11.5 Å². The summed E-state index contributed by atoms with van der Waals surface area (Å²) < 4.78 is 10.7. The van der Waals surface area contributed by atoms with Gasteiger partial charge in [-0.05, 0) is 61.4 Å². The van der Waals surface area contributed by atoms with Gasteiger partial charge in [0, 0.05) is 17.3 Å². The van der Waals surface area contributed by atoms with Crippen LogP contribution in [0.2, 0.25) is 5.02 Å². The van der Waals surface area contributed by atoms with Crippen LogP contribution in [0.4, 0.5) is 10.5 Å². The molecule has 0 aliphatic heterocycles. The molecule has 0 fully saturated rings. The number of ether oxygens (including phenoxy) is 2. The molecule has 140 valence electrons. The van der Waals surface area contributed by atoms with E-state index in [1.54, 1.807) is 19.2 Å². The topological polar surface area (TPSA) is 59.6 Å². The molecule has 2 amide bonds. The van der Waals surface area contributed by atoms with E-state index < -0.39 is 0 Å². The van der Waals surface area contributed by atoms with Crippen LogP contribution in [0, 0.1) is 0 Å². The third kappa shape index (κ3) is 7.66. The summed E-state index contributed by atoms with van der Waals surface area (Å²) in [6.07, 6.45) is 4.04. The number of carbonyl (C=O) groups is 1. The molecule has 0 atom stereocenters. The van der Waals surface area contributed by atoms with Crippen LogP contribution in [0.15, 0.2) is 48.5 Å². The van der Waals surface area contributed by atoms with Crippen molar-refractivity contribution in [3.05, 3.63) is 53.6 Å². The molecule has 0 spiro atoms. The lowest BCUT2D eigenvalue weighted by Gasteiger charge is -2.08. The largest absolute Gasteiger partial charge is 0.497 e. The van der Waals surface area contributed by atoms with Crippen molar-refractivity contribution in [2.45, 2.75) is 25.7 Å². The molecule has 0 aromatic heterocycles. The van der Waals surface area contributed by atoms with E-state index in [0.717, 1.165) is 42.9 Å². The molecule has 0 bridgehead atoms. The van der Waals surface area contributed by atoms with Crippen LogP contribution < -0.4 is 20.1 Å². The number of methoxy groups -OCH3 is 1. The number of anilines is 1. The van der Waals surface area contributed by atoms with E-state index in [1.807, 2.05) is 36.4 Å². The number of amides is 2. The van der Waals surface area contributed by atoms with Crippen molar-refractivity contribution in [2.24, 2.45) is 0 Å². The number of rotatable bonds is 10. The van der Waals surface area contributed by atoms with Crippen molar-refractivity contribution >= 4 is 23.3 Å². The molecule has 0 saturated carbocycles. The SMILES string of the molecule is COc1ccc(NC(=O)NCCCCCCOc2ccc(Cl)cc2)cc1. The standard InChI is InChI=1S/C20H25ClN2O3/c1-25-18-12-8-17(9-13-18)23-20(24)22-14-4-2-3-5-15-26-19-10-6-16(21)7-11-19/h6-13H,2-5,14-15H2,1H3,(H2,22,23,24). The van der Waals surface area contributed by atoms with Crippen molar-refractivity contribution in [3.8, 4) is 11.5 Å². The van der Waals surface area contributed by atoms with Crippen LogP contribution in [-0.2, 0) is 0 Å². The first-order valence-corrected chi connectivity index (χ1v) is 9.12. The second-order valence-electron chi connectivity index (χ2n) is 5.83. The van der Waals surface area contributed by atoms with Crippen LogP contribution in [0.3, 0.4) is 0 Å². The molecule has 2 aromatic carbocycles. The van der Waals surface area contributed by atoms with Gasteiger partial charge in [0.05, 0.1) is 13.7 Å². The summed E-state index contributed by atoms with van der Waals surface area (Å²) in [5.74, 6) is 1.60. The van der Waals surface area contributed by atoms with Crippen molar-refractivity contribution in [3.63, 3.8) is 0 Å². The molecule has 5 nitrogen and oxygen atoms in total. The van der Waals surface area contributed by atoms with Crippen molar-refractivity contribution in [1.29, 1.82) is 0 Å². The first-order chi connectivity index (χ1) is 12.7. The first kappa shape index (κ1) is 19.9. The Hall–Kier alpha value is -2.40. The Labute approximate surface area is 159 Å².